The zero-order valence-corrected chi connectivity index (χ0v) is 12.1. The van der Waals surface area contributed by atoms with Crippen LogP contribution in [0.3, 0.4) is 0 Å². The molecule has 1 aliphatic carbocycles. The van der Waals surface area contributed by atoms with Gasteiger partial charge in [0.15, 0.2) is 0 Å². The van der Waals surface area contributed by atoms with Gasteiger partial charge in [-0.1, -0.05) is 44.2 Å². The van der Waals surface area contributed by atoms with Gasteiger partial charge in [0.05, 0.1) is 6.10 Å². The molecule has 1 aromatic carbocycles. The monoisotopic (exact) mass is 264 g/mol. The fourth-order valence-electron chi connectivity index (χ4n) is 3.21. The molecule has 19 heavy (non-hydrogen) atoms. The number of aliphatic hydroxyl groups excluding tert-OH is 1. The molecular formula is C17H25FO. The van der Waals surface area contributed by atoms with E-state index in [-0.39, 0.29) is 5.82 Å². The van der Waals surface area contributed by atoms with Crippen LogP contribution < -0.4 is 0 Å². The van der Waals surface area contributed by atoms with Crippen molar-refractivity contribution in [1.82, 2.24) is 0 Å². The van der Waals surface area contributed by atoms with Crippen LogP contribution in [0.1, 0.15) is 67.7 Å². The fourth-order valence-corrected chi connectivity index (χ4v) is 3.21. The number of halogens is 1. The lowest BCUT2D eigenvalue weighted by Gasteiger charge is -2.23. The molecule has 1 N–H and O–H groups in total. The van der Waals surface area contributed by atoms with E-state index in [4.69, 9.17) is 0 Å². The van der Waals surface area contributed by atoms with E-state index in [0.717, 1.165) is 24.3 Å². The van der Waals surface area contributed by atoms with Crippen molar-refractivity contribution >= 4 is 0 Å². The Kier molecular flexibility index (Phi) is 4.98. The fraction of sp³-hybridized carbons (Fsp3) is 0.647. The van der Waals surface area contributed by atoms with Crippen molar-refractivity contribution in [3.8, 4) is 0 Å². The van der Waals surface area contributed by atoms with Crippen LogP contribution in [0.2, 0.25) is 0 Å². The van der Waals surface area contributed by atoms with Gasteiger partial charge in [-0.25, -0.2) is 4.39 Å². The van der Waals surface area contributed by atoms with E-state index in [1.165, 1.54) is 32.1 Å². The van der Waals surface area contributed by atoms with E-state index in [0.29, 0.717) is 11.1 Å². The van der Waals surface area contributed by atoms with Crippen molar-refractivity contribution in [2.45, 2.75) is 64.9 Å². The lowest BCUT2D eigenvalue weighted by molar-refractivity contribution is 0.151. The summed E-state index contributed by atoms with van der Waals surface area (Å²) in [5.74, 6) is 0.634. The normalized spacial score (nSPS) is 18.5. The van der Waals surface area contributed by atoms with Gasteiger partial charge < -0.3 is 5.11 Å². The van der Waals surface area contributed by atoms with Gasteiger partial charge in [-0.15, -0.1) is 0 Å². The third kappa shape index (κ3) is 3.79. The van der Waals surface area contributed by atoms with Crippen molar-refractivity contribution < 1.29 is 9.50 Å². The smallest absolute Gasteiger partial charge is 0.129 e. The predicted octanol–water partition coefficient (Wildman–Crippen LogP) is 4.84. The maximum absolute atomic E-state index is 13.6. The lowest BCUT2D eigenvalue weighted by atomic mass is 9.85. The second-order valence-electron chi connectivity index (χ2n) is 6.07. The van der Waals surface area contributed by atoms with Crippen molar-refractivity contribution in [3.63, 3.8) is 0 Å². The maximum Gasteiger partial charge on any atom is 0.129 e. The predicted molar refractivity (Wildman–Crippen MR) is 76.6 cm³/mol. The molecule has 0 radical (unpaired) electrons. The average molecular weight is 264 g/mol. The van der Waals surface area contributed by atoms with Crippen molar-refractivity contribution in [1.29, 1.82) is 0 Å². The van der Waals surface area contributed by atoms with E-state index in [2.05, 4.69) is 0 Å². The van der Waals surface area contributed by atoms with E-state index >= 15 is 0 Å². The number of hydrogen-bond acceptors (Lipinski definition) is 1. The second kappa shape index (κ2) is 6.51. The summed E-state index contributed by atoms with van der Waals surface area (Å²) in [7, 11) is 0. The molecule has 1 nitrogen and oxygen atoms in total. The summed E-state index contributed by atoms with van der Waals surface area (Å²) in [5.41, 5.74) is 2.13. The van der Waals surface area contributed by atoms with Crippen LogP contribution in [0.25, 0.3) is 0 Å². The first-order valence-corrected chi connectivity index (χ1v) is 7.52. The van der Waals surface area contributed by atoms with Crippen molar-refractivity contribution in [2.24, 2.45) is 5.92 Å². The quantitative estimate of drug-likeness (QED) is 0.825. The molecule has 2 rings (SSSR count). The summed E-state index contributed by atoms with van der Waals surface area (Å²) >= 11 is 0. The Balaban J connectivity index is 1.93. The van der Waals surface area contributed by atoms with Gasteiger partial charge in [0.25, 0.3) is 0 Å². The van der Waals surface area contributed by atoms with Gasteiger partial charge in [-0.05, 0) is 49.3 Å². The molecule has 0 aromatic heterocycles. The molecule has 1 unspecified atom stereocenters. The molecule has 1 saturated carbocycles. The number of benzene rings is 1. The van der Waals surface area contributed by atoms with Crippen molar-refractivity contribution in [3.05, 3.63) is 34.6 Å². The van der Waals surface area contributed by atoms with Crippen molar-refractivity contribution in [2.75, 3.05) is 0 Å². The van der Waals surface area contributed by atoms with Gasteiger partial charge in [0, 0.05) is 0 Å². The Morgan fingerprint density at radius 2 is 1.74 bits per heavy atom. The zero-order valence-electron chi connectivity index (χ0n) is 12.1. The number of aryl methyl sites for hydroxylation is 2. The molecule has 106 valence electrons. The van der Waals surface area contributed by atoms with Gasteiger partial charge in [-0.2, -0.15) is 0 Å². The summed E-state index contributed by atoms with van der Waals surface area (Å²) in [6.45, 7) is 3.53. The molecule has 2 heteroatoms. The molecule has 1 aromatic rings. The molecule has 0 amide bonds. The Morgan fingerprint density at radius 1 is 1.16 bits per heavy atom. The first-order valence-electron chi connectivity index (χ1n) is 7.52. The summed E-state index contributed by atoms with van der Waals surface area (Å²) in [6, 6.07) is 3.57. The third-order valence-corrected chi connectivity index (χ3v) is 4.42. The second-order valence-corrected chi connectivity index (χ2v) is 6.07. The van der Waals surface area contributed by atoms with Crippen LogP contribution in [0, 0.1) is 25.6 Å². The number of hydrogen-bond donors (Lipinski definition) is 1. The van der Waals surface area contributed by atoms with Gasteiger partial charge in [-0.3, -0.25) is 0 Å². The van der Waals surface area contributed by atoms with Gasteiger partial charge in [0.1, 0.15) is 5.82 Å². The summed E-state index contributed by atoms with van der Waals surface area (Å²) < 4.78 is 13.6. The zero-order chi connectivity index (χ0) is 13.8. The van der Waals surface area contributed by atoms with Gasteiger partial charge in [0.2, 0.25) is 0 Å². The molecule has 1 aliphatic rings. The minimum atomic E-state index is -0.445. The van der Waals surface area contributed by atoms with Gasteiger partial charge >= 0.3 is 0 Å². The first kappa shape index (κ1) is 14.5. The standard InChI is InChI=1S/C17H25FO/c1-12-10-15(11-13(2)17(12)18)16(19)9-8-14-6-4-3-5-7-14/h10-11,14,16,19H,3-9H2,1-2H3. The molecule has 0 aliphatic heterocycles. The maximum atomic E-state index is 13.6. The number of rotatable bonds is 4. The van der Waals surface area contributed by atoms with Crippen LogP contribution in [0.15, 0.2) is 12.1 Å². The Bertz CT molecular complexity index is 398. The van der Waals surface area contributed by atoms with Crippen LogP contribution in [-0.2, 0) is 0 Å². The molecule has 1 fully saturated rings. The van der Waals surface area contributed by atoms with E-state index in [1.54, 1.807) is 26.0 Å². The Morgan fingerprint density at radius 3 is 2.32 bits per heavy atom. The highest BCUT2D eigenvalue weighted by molar-refractivity contribution is 5.31. The first-order chi connectivity index (χ1) is 9.08. The summed E-state index contributed by atoms with van der Waals surface area (Å²) in [5, 5.41) is 10.3. The molecular weight excluding hydrogens is 239 g/mol. The highest BCUT2D eigenvalue weighted by atomic mass is 19.1. The van der Waals surface area contributed by atoms with Crippen LogP contribution in [0.5, 0.6) is 0 Å². The third-order valence-electron chi connectivity index (χ3n) is 4.42. The van der Waals surface area contributed by atoms with Crippen LogP contribution in [-0.4, -0.2) is 5.11 Å². The SMILES string of the molecule is Cc1cc(C(O)CCC2CCCCC2)cc(C)c1F. The van der Waals surface area contributed by atoms with Crippen LogP contribution >= 0.6 is 0 Å². The molecule has 0 heterocycles. The van der Waals surface area contributed by atoms with E-state index in [1.807, 2.05) is 0 Å². The minimum absolute atomic E-state index is 0.150. The average Bonchev–Trinajstić information content (AvgIpc) is 2.42. The number of aliphatic hydroxyl groups is 1. The van der Waals surface area contributed by atoms with Crippen LogP contribution in [0.4, 0.5) is 4.39 Å². The Labute approximate surface area is 115 Å². The molecule has 0 spiro atoms. The Hall–Kier alpha value is -0.890. The highest BCUT2D eigenvalue weighted by Crippen LogP contribution is 2.31. The highest BCUT2D eigenvalue weighted by Gasteiger charge is 2.17. The summed E-state index contributed by atoms with van der Waals surface area (Å²) in [6.07, 6.45) is 8.13. The molecule has 1 atom stereocenters. The molecule has 0 saturated heterocycles. The lowest BCUT2D eigenvalue weighted by Crippen LogP contribution is -2.09. The van der Waals surface area contributed by atoms with E-state index < -0.39 is 6.10 Å². The largest absolute Gasteiger partial charge is 0.388 e. The van der Waals surface area contributed by atoms with E-state index in [9.17, 15) is 9.50 Å². The topological polar surface area (TPSA) is 20.2 Å². The summed E-state index contributed by atoms with van der Waals surface area (Å²) in [4.78, 5) is 0. The molecule has 0 bridgehead atoms. The minimum Gasteiger partial charge on any atom is -0.388 e.